The van der Waals surface area contributed by atoms with E-state index < -0.39 is 12.1 Å². The predicted octanol–water partition coefficient (Wildman–Crippen LogP) is 1.96. The zero-order chi connectivity index (χ0) is 15.0. The van der Waals surface area contributed by atoms with E-state index in [0.29, 0.717) is 18.9 Å². The molecule has 0 aromatic heterocycles. The van der Waals surface area contributed by atoms with Crippen molar-refractivity contribution in [3.8, 4) is 0 Å². The first-order chi connectivity index (χ1) is 10.1. The van der Waals surface area contributed by atoms with Crippen molar-refractivity contribution in [1.82, 2.24) is 9.80 Å². The molecule has 1 aromatic carbocycles. The lowest BCUT2D eigenvalue weighted by atomic mass is 9.93. The van der Waals surface area contributed by atoms with E-state index in [1.165, 1.54) is 4.90 Å². The fourth-order valence-corrected chi connectivity index (χ4v) is 3.29. The number of hydrogen-bond donors (Lipinski definition) is 1. The molecule has 0 unspecified atom stereocenters. The quantitative estimate of drug-likeness (QED) is 0.859. The summed E-state index contributed by atoms with van der Waals surface area (Å²) < 4.78 is 0. The van der Waals surface area contributed by atoms with Crippen molar-refractivity contribution < 1.29 is 14.7 Å². The molecule has 2 heterocycles. The van der Waals surface area contributed by atoms with Gasteiger partial charge in [-0.3, -0.25) is 9.69 Å². The van der Waals surface area contributed by atoms with Gasteiger partial charge in [0.2, 0.25) is 5.91 Å². The molecular formula is C16H20N2O3. The summed E-state index contributed by atoms with van der Waals surface area (Å²) in [6.45, 7) is 3.90. The molecule has 0 spiro atoms. The maximum absolute atomic E-state index is 12.7. The van der Waals surface area contributed by atoms with Crippen molar-refractivity contribution >= 4 is 12.0 Å². The van der Waals surface area contributed by atoms with Gasteiger partial charge in [-0.05, 0) is 23.5 Å². The Bertz CT molecular complexity index is 572. The molecule has 0 radical (unpaired) electrons. The van der Waals surface area contributed by atoms with Crippen LogP contribution in [-0.2, 0) is 17.8 Å². The second-order valence-corrected chi connectivity index (χ2v) is 6.08. The number of carboxylic acid groups (broad SMARTS) is 1. The Morgan fingerprint density at radius 1 is 1.24 bits per heavy atom. The van der Waals surface area contributed by atoms with Crippen LogP contribution in [0, 0.1) is 5.92 Å². The van der Waals surface area contributed by atoms with Crippen molar-refractivity contribution in [2.24, 2.45) is 5.92 Å². The standard InChI is InChI=1S/C16H20N2O3/c1-11-6-7-17(9-11)15(19)14-8-12-4-2-3-5-13(12)10-18(14)16(20)21/h2-5,11,14H,6-10H2,1H3,(H,20,21)/t11-,14+/m1/s1. The SMILES string of the molecule is C[C@@H]1CCN(C(=O)[C@@H]2Cc3ccccc3CN2C(=O)O)C1. The van der Waals surface area contributed by atoms with Crippen molar-refractivity contribution in [3.63, 3.8) is 0 Å². The number of amides is 2. The maximum Gasteiger partial charge on any atom is 0.408 e. The highest BCUT2D eigenvalue weighted by Gasteiger charge is 2.38. The third kappa shape index (κ3) is 2.60. The van der Waals surface area contributed by atoms with E-state index in [9.17, 15) is 14.7 Å². The van der Waals surface area contributed by atoms with Crippen molar-refractivity contribution in [2.75, 3.05) is 13.1 Å². The Hall–Kier alpha value is -2.04. The number of nitrogens with zero attached hydrogens (tertiary/aromatic N) is 2. The Kier molecular flexibility index (Phi) is 3.57. The summed E-state index contributed by atoms with van der Waals surface area (Å²) >= 11 is 0. The molecule has 5 heteroatoms. The molecule has 2 aliphatic heterocycles. The first-order valence-electron chi connectivity index (χ1n) is 7.41. The van der Waals surface area contributed by atoms with Crippen molar-refractivity contribution in [3.05, 3.63) is 35.4 Å². The topological polar surface area (TPSA) is 60.9 Å². The van der Waals surface area contributed by atoms with E-state index in [1.54, 1.807) is 0 Å². The van der Waals surface area contributed by atoms with E-state index in [4.69, 9.17) is 0 Å². The van der Waals surface area contributed by atoms with Gasteiger partial charge >= 0.3 is 6.09 Å². The van der Waals surface area contributed by atoms with E-state index >= 15 is 0 Å². The summed E-state index contributed by atoms with van der Waals surface area (Å²) in [4.78, 5) is 27.3. The summed E-state index contributed by atoms with van der Waals surface area (Å²) in [6.07, 6.45) is 0.462. The fourth-order valence-electron chi connectivity index (χ4n) is 3.29. The minimum absolute atomic E-state index is 0.0451. The smallest absolute Gasteiger partial charge is 0.408 e. The molecule has 2 aliphatic rings. The van der Waals surface area contributed by atoms with Gasteiger partial charge in [-0.1, -0.05) is 31.2 Å². The number of hydrogen-bond acceptors (Lipinski definition) is 2. The molecule has 21 heavy (non-hydrogen) atoms. The molecule has 112 valence electrons. The van der Waals surface area contributed by atoms with Crippen LogP contribution in [0.2, 0.25) is 0 Å². The highest BCUT2D eigenvalue weighted by molar-refractivity contribution is 5.86. The number of carbonyl (C=O) groups excluding carboxylic acids is 1. The van der Waals surface area contributed by atoms with Crippen molar-refractivity contribution in [1.29, 1.82) is 0 Å². The van der Waals surface area contributed by atoms with Gasteiger partial charge in [0.05, 0.1) is 6.54 Å². The highest BCUT2D eigenvalue weighted by Crippen LogP contribution is 2.26. The zero-order valence-electron chi connectivity index (χ0n) is 12.2. The van der Waals surface area contributed by atoms with Gasteiger partial charge in [0.25, 0.3) is 0 Å². The monoisotopic (exact) mass is 288 g/mol. The summed E-state index contributed by atoms with van der Waals surface area (Å²) in [6, 6.07) is 7.19. The van der Waals surface area contributed by atoms with Crippen LogP contribution in [0.5, 0.6) is 0 Å². The summed E-state index contributed by atoms with van der Waals surface area (Å²) in [5.41, 5.74) is 2.08. The Morgan fingerprint density at radius 2 is 1.95 bits per heavy atom. The van der Waals surface area contributed by atoms with Crippen LogP contribution < -0.4 is 0 Å². The molecule has 0 bridgehead atoms. The lowest BCUT2D eigenvalue weighted by Gasteiger charge is -2.36. The summed E-state index contributed by atoms with van der Waals surface area (Å²) in [5.74, 6) is 0.458. The molecule has 1 saturated heterocycles. The normalized spacial score (nSPS) is 24.8. The third-order valence-electron chi connectivity index (χ3n) is 4.51. The van der Waals surface area contributed by atoms with Gasteiger partial charge in [0.15, 0.2) is 0 Å². The van der Waals surface area contributed by atoms with Crippen LogP contribution in [-0.4, -0.2) is 46.0 Å². The molecule has 1 fully saturated rings. The Balaban J connectivity index is 1.85. The minimum Gasteiger partial charge on any atom is -0.465 e. The highest BCUT2D eigenvalue weighted by atomic mass is 16.4. The van der Waals surface area contributed by atoms with Crippen LogP contribution in [0.15, 0.2) is 24.3 Å². The van der Waals surface area contributed by atoms with Gasteiger partial charge in [-0.2, -0.15) is 0 Å². The van der Waals surface area contributed by atoms with Crippen LogP contribution in [0.25, 0.3) is 0 Å². The fraction of sp³-hybridized carbons (Fsp3) is 0.500. The van der Waals surface area contributed by atoms with Gasteiger partial charge < -0.3 is 10.0 Å². The molecule has 0 saturated carbocycles. The largest absolute Gasteiger partial charge is 0.465 e. The number of fused-ring (bicyclic) bond motifs is 1. The first-order valence-corrected chi connectivity index (χ1v) is 7.41. The maximum atomic E-state index is 12.7. The predicted molar refractivity (Wildman–Crippen MR) is 77.9 cm³/mol. The molecule has 2 amide bonds. The second kappa shape index (κ2) is 5.39. The van der Waals surface area contributed by atoms with Crippen LogP contribution >= 0.6 is 0 Å². The third-order valence-corrected chi connectivity index (χ3v) is 4.51. The van der Waals surface area contributed by atoms with Gasteiger partial charge in [0.1, 0.15) is 6.04 Å². The minimum atomic E-state index is -1.02. The lowest BCUT2D eigenvalue weighted by Crippen LogP contribution is -2.52. The summed E-state index contributed by atoms with van der Waals surface area (Å²) in [5, 5.41) is 9.43. The lowest BCUT2D eigenvalue weighted by molar-refractivity contribution is -0.136. The number of rotatable bonds is 1. The Morgan fingerprint density at radius 3 is 2.57 bits per heavy atom. The van der Waals surface area contributed by atoms with E-state index in [1.807, 2.05) is 29.2 Å². The Labute approximate surface area is 124 Å². The van der Waals surface area contributed by atoms with Crippen molar-refractivity contribution in [2.45, 2.75) is 32.4 Å². The second-order valence-electron chi connectivity index (χ2n) is 6.08. The molecule has 3 rings (SSSR count). The average Bonchev–Trinajstić information content (AvgIpc) is 2.91. The molecule has 5 nitrogen and oxygen atoms in total. The van der Waals surface area contributed by atoms with Gasteiger partial charge in [-0.15, -0.1) is 0 Å². The van der Waals surface area contributed by atoms with Gasteiger partial charge in [-0.25, -0.2) is 4.79 Å². The van der Waals surface area contributed by atoms with E-state index in [0.717, 1.165) is 30.6 Å². The van der Waals surface area contributed by atoms with E-state index in [2.05, 4.69) is 6.92 Å². The number of likely N-dealkylation sites (tertiary alicyclic amines) is 1. The molecule has 1 aromatic rings. The molecule has 1 N–H and O–H groups in total. The number of carbonyl (C=O) groups is 2. The number of benzene rings is 1. The zero-order valence-corrected chi connectivity index (χ0v) is 12.2. The van der Waals surface area contributed by atoms with Crippen LogP contribution in [0.3, 0.4) is 0 Å². The summed E-state index contributed by atoms with van der Waals surface area (Å²) in [7, 11) is 0. The average molecular weight is 288 g/mol. The molecule has 2 atom stereocenters. The molecule has 0 aliphatic carbocycles. The van der Waals surface area contributed by atoms with Gasteiger partial charge in [0, 0.05) is 19.5 Å². The molecular weight excluding hydrogens is 268 g/mol. The van der Waals surface area contributed by atoms with E-state index in [-0.39, 0.29) is 5.91 Å². The van der Waals surface area contributed by atoms with Crippen LogP contribution in [0.4, 0.5) is 4.79 Å². The first kappa shape index (κ1) is 13.9. The van der Waals surface area contributed by atoms with Crippen LogP contribution in [0.1, 0.15) is 24.5 Å².